The summed E-state index contributed by atoms with van der Waals surface area (Å²) >= 11 is 3.03. The molecule has 1 atom stereocenters. The van der Waals surface area contributed by atoms with Gasteiger partial charge in [-0.05, 0) is 52.5 Å². The molecule has 0 aliphatic carbocycles. The van der Waals surface area contributed by atoms with Crippen molar-refractivity contribution in [3.05, 3.63) is 35.7 Å². The molecule has 178 valence electrons. The van der Waals surface area contributed by atoms with E-state index in [0.717, 1.165) is 32.9 Å². The van der Waals surface area contributed by atoms with Crippen LogP contribution in [0.5, 0.6) is 0 Å². The summed E-state index contributed by atoms with van der Waals surface area (Å²) in [5.41, 5.74) is 2.07. The molecule has 0 aliphatic rings. The maximum absolute atomic E-state index is 14.8. The smallest absolute Gasteiger partial charge is 0.410 e. The molecule has 0 N–H and O–H groups in total. The lowest BCUT2D eigenvalue weighted by molar-refractivity contribution is 0.0776. The number of amides is 1. The van der Waals surface area contributed by atoms with Gasteiger partial charge in [0.1, 0.15) is 18.0 Å². The Kier molecular flexibility index (Phi) is 8.53. The van der Waals surface area contributed by atoms with Gasteiger partial charge in [-0.1, -0.05) is 6.07 Å². The molecule has 0 fully saturated rings. The number of hydrogen-bond donors (Lipinski definition) is 0. The molecule has 0 saturated carbocycles. The third-order valence-corrected chi connectivity index (χ3v) is 7.28. The van der Waals surface area contributed by atoms with Crippen molar-refractivity contribution in [1.29, 1.82) is 0 Å². The van der Waals surface area contributed by atoms with Crippen LogP contribution in [0.3, 0.4) is 0 Å². The molecule has 2 heterocycles. The maximum Gasteiger partial charge on any atom is 0.410 e. The number of fused-ring (bicyclic) bond motifs is 1. The maximum atomic E-state index is 14.8. The summed E-state index contributed by atoms with van der Waals surface area (Å²) in [6.07, 6.45) is 3.79. The van der Waals surface area contributed by atoms with Gasteiger partial charge in [0.15, 0.2) is 0 Å². The van der Waals surface area contributed by atoms with Crippen LogP contribution in [0.4, 0.5) is 15.0 Å². The second-order valence-corrected chi connectivity index (χ2v) is 9.89. The zero-order valence-corrected chi connectivity index (χ0v) is 21.6. The molecule has 9 heteroatoms. The number of carbonyl (C=O) groups excluding carboxylic acids is 1. The summed E-state index contributed by atoms with van der Waals surface area (Å²) in [5.74, 6) is 0.550. The van der Waals surface area contributed by atoms with Crippen molar-refractivity contribution >= 4 is 45.2 Å². The number of ether oxygens (including phenoxy) is 1. The quantitative estimate of drug-likeness (QED) is 0.328. The van der Waals surface area contributed by atoms with Gasteiger partial charge in [0.2, 0.25) is 0 Å². The number of thiophene rings is 1. The van der Waals surface area contributed by atoms with E-state index in [-0.39, 0.29) is 24.1 Å². The van der Waals surface area contributed by atoms with E-state index in [9.17, 15) is 9.18 Å². The molecule has 3 aromatic rings. The Labute approximate surface area is 203 Å². The lowest BCUT2D eigenvalue weighted by atomic mass is 10.1. The number of carbonyl (C=O) groups is 1. The Bertz CT molecular complexity index is 1110. The zero-order valence-electron chi connectivity index (χ0n) is 20.0. The van der Waals surface area contributed by atoms with Crippen LogP contribution in [-0.4, -0.2) is 59.5 Å². The van der Waals surface area contributed by atoms with Crippen LogP contribution in [-0.2, 0) is 4.74 Å². The average Bonchev–Trinajstić information content (AvgIpc) is 3.22. The number of nitrogens with zero attached hydrogens (tertiary/aromatic N) is 4. The van der Waals surface area contributed by atoms with Gasteiger partial charge in [-0.2, -0.15) is 0 Å². The summed E-state index contributed by atoms with van der Waals surface area (Å²) in [6, 6.07) is 5.41. The largest absolute Gasteiger partial charge is 0.447 e. The fourth-order valence-electron chi connectivity index (χ4n) is 3.52. The van der Waals surface area contributed by atoms with Gasteiger partial charge in [0.05, 0.1) is 16.3 Å². The number of thioether (sulfide) groups is 1. The van der Waals surface area contributed by atoms with Gasteiger partial charge >= 0.3 is 6.09 Å². The lowest BCUT2D eigenvalue weighted by Crippen LogP contribution is -2.38. The Morgan fingerprint density at radius 3 is 2.64 bits per heavy atom. The van der Waals surface area contributed by atoms with E-state index < -0.39 is 0 Å². The molecule has 0 saturated heterocycles. The highest BCUT2D eigenvalue weighted by Crippen LogP contribution is 2.38. The first-order valence-electron chi connectivity index (χ1n) is 11.0. The number of benzene rings is 1. The van der Waals surface area contributed by atoms with Crippen molar-refractivity contribution in [2.75, 3.05) is 31.3 Å². The standard InChI is InChI=1S/C24H31FN4O2S2/c1-7-29(24(30)31-15(2)3)11-10-16(4)28(5)23-22-21(26-14-27-23)19(13-33-22)18-9-8-17(32-6)12-20(18)25/h8-9,12-16H,7,10-11H2,1-6H3. The molecule has 1 unspecified atom stereocenters. The first kappa shape index (κ1) is 25.2. The van der Waals surface area contributed by atoms with Crippen molar-refractivity contribution in [3.8, 4) is 11.1 Å². The van der Waals surface area contributed by atoms with Crippen molar-refractivity contribution in [2.24, 2.45) is 0 Å². The van der Waals surface area contributed by atoms with Crippen LogP contribution in [0.2, 0.25) is 0 Å². The molecule has 1 amide bonds. The van der Waals surface area contributed by atoms with Crippen LogP contribution in [0.15, 0.2) is 34.8 Å². The van der Waals surface area contributed by atoms with Crippen molar-refractivity contribution in [3.63, 3.8) is 0 Å². The predicted molar refractivity (Wildman–Crippen MR) is 136 cm³/mol. The topological polar surface area (TPSA) is 58.6 Å². The van der Waals surface area contributed by atoms with Gasteiger partial charge in [0.25, 0.3) is 0 Å². The van der Waals surface area contributed by atoms with E-state index in [1.807, 2.05) is 51.6 Å². The Balaban J connectivity index is 1.80. The highest BCUT2D eigenvalue weighted by molar-refractivity contribution is 7.98. The second-order valence-electron chi connectivity index (χ2n) is 8.13. The average molecular weight is 491 g/mol. The summed E-state index contributed by atoms with van der Waals surface area (Å²) in [5, 5.41) is 1.94. The van der Waals surface area contributed by atoms with E-state index in [4.69, 9.17) is 4.74 Å². The molecule has 0 radical (unpaired) electrons. The molecule has 0 bridgehead atoms. The molecule has 0 spiro atoms. The van der Waals surface area contributed by atoms with Gasteiger partial charge in [-0.25, -0.2) is 19.2 Å². The Morgan fingerprint density at radius 1 is 1.24 bits per heavy atom. The number of halogens is 1. The minimum absolute atomic E-state index is 0.118. The van der Waals surface area contributed by atoms with Crippen LogP contribution in [0.25, 0.3) is 21.3 Å². The zero-order chi connectivity index (χ0) is 24.1. The number of hydrogen-bond acceptors (Lipinski definition) is 7. The van der Waals surface area contributed by atoms with E-state index in [1.165, 1.54) is 29.4 Å². The van der Waals surface area contributed by atoms with Crippen LogP contribution >= 0.6 is 23.1 Å². The minimum atomic E-state index is -0.288. The Morgan fingerprint density at radius 2 is 2.00 bits per heavy atom. The van der Waals surface area contributed by atoms with E-state index >= 15 is 0 Å². The molecule has 3 rings (SSSR count). The summed E-state index contributed by atoms with van der Waals surface area (Å²) in [4.78, 5) is 26.0. The molecule has 33 heavy (non-hydrogen) atoms. The third-order valence-electron chi connectivity index (χ3n) is 5.59. The monoisotopic (exact) mass is 490 g/mol. The number of aromatic nitrogens is 2. The van der Waals surface area contributed by atoms with Crippen LogP contribution in [0, 0.1) is 5.82 Å². The van der Waals surface area contributed by atoms with Gasteiger partial charge in [-0.3, -0.25) is 0 Å². The molecule has 0 aliphatic heterocycles. The van der Waals surface area contributed by atoms with E-state index in [0.29, 0.717) is 18.7 Å². The normalized spacial score (nSPS) is 12.2. The Hall–Kier alpha value is -2.39. The third kappa shape index (κ3) is 5.76. The van der Waals surface area contributed by atoms with Crippen LogP contribution in [0.1, 0.15) is 34.1 Å². The first-order valence-corrected chi connectivity index (χ1v) is 13.1. The predicted octanol–water partition coefficient (Wildman–Crippen LogP) is 6.30. The van der Waals surface area contributed by atoms with E-state index in [2.05, 4.69) is 21.8 Å². The molecule has 1 aromatic carbocycles. The first-order chi connectivity index (χ1) is 15.8. The minimum Gasteiger partial charge on any atom is -0.447 e. The van der Waals surface area contributed by atoms with Crippen LogP contribution < -0.4 is 4.90 Å². The van der Waals surface area contributed by atoms with Crippen molar-refractivity contribution < 1.29 is 13.9 Å². The molecular formula is C24H31FN4O2S2. The highest BCUT2D eigenvalue weighted by Gasteiger charge is 2.21. The lowest BCUT2D eigenvalue weighted by Gasteiger charge is -2.29. The second kappa shape index (κ2) is 11.2. The number of rotatable bonds is 9. The molecular weight excluding hydrogens is 459 g/mol. The SMILES string of the molecule is CCN(CCC(C)N(C)c1ncnc2c(-c3ccc(SC)cc3F)csc12)C(=O)OC(C)C. The summed E-state index contributed by atoms with van der Waals surface area (Å²) in [6.45, 7) is 8.92. The van der Waals surface area contributed by atoms with Gasteiger partial charge in [0, 0.05) is 47.6 Å². The summed E-state index contributed by atoms with van der Waals surface area (Å²) < 4.78 is 21.0. The number of anilines is 1. The highest BCUT2D eigenvalue weighted by atomic mass is 32.2. The van der Waals surface area contributed by atoms with Gasteiger partial charge < -0.3 is 14.5 Å². The summed E-state index contributed by atoms with van der Waals surface area (Å²) in [7, 11) is 1.99. The fourth-order valence-corrected chi connectivity index (χ4v) is 5.00. The molecule has 6 nitrogen and oxygen atoms in total. The fraction of sp³-hybridized carbons (Fsp3) is 0.458. The van der Waals surface area contributed by atoms with E-state index in [1.54, 1.807) is 11.0 Å². The molecule has 2 aromatic heterocycles. The van der Waals surface area contributed by atoms with Gasteiger partial charge in [-0.15, -0.1) is 23.1 Å². The van der Waals surface area contributed by atoms with Crippen molar-refractivity contribution in [2.45, 2.75) is 51.2 Å². The van der Waals surface area contributed by atoms with Crippen molar-refractivity contribution in [1.82, 2.24) is 14.9 Å².